The van der Waals surface area contributed by atoms with Crippen molar-refractivity contribution in [2.24, 2.45) is 16.9 Å². The molecule has 6 heteroatoms. The number of halogens is 1. The van der Waals surface area contributed by atoms with E-state index in [0.717, 1.165) is 30.4 Å². The Morgan fingerprint density at radius 2 is 1.91 bits per heavy atom. The highest BCUT2D eigenvalue weighted by atomic mass is 79.9. The van der Waals surface area contributed by atoms with E-state index >= 15 is 0 Å². The van der Waals surface area contributed by atoms with Crippen LogP contribution >= 0.6 is 15.9 Å². The maximum atomic E-state index is 12.2. The van der Waals surface area contributed by atoms with Gasteiger partial charge in [0.15, 0.2) is 0 Å². The fraction of sp³-hybridized carbons (Fsp3) is 0.750. The van der Waals surface area contributed by atoms with E-state index in [2.05, 4.69) is 27.7 Å². The smallest absolute Gasteiger partial charge is 0.410 e. The monoisotopic (exact) mass is 371 g/mol. The largest absolute Gasteiger partial charge is 0.444 e. The third kappa shape index (κ3) is 4.24. The predicted octanol–water partition coefficient (Wildman–Crippen LogP) is 3.81. The van der Waals surface area contributed by atoms with E-state index in [9.17, 15) is 4.79 Å². The minimum absolute atomic E-state index is 0.187. The molecular weight excluding hydrogens is 346 g/mol. The number of hydrazone groups is 1. The summed E-state index contributed by atoms with van der Waals surface area (Å²) in [6, 6.07) is 0.376. The molecule has 2 unspecified atom stereocenters. The molecule has 0 aromatic heterocycles. The van der Waals surface area contributed by atoms with Gasteiger partial charge in [-0.15, -0.1) is 0 Å². The number of amides is 1. The third-order valence-electron chi connectivity index (χ3n) is 4.23. The number of carbonyl (C=O) groups is 1. The van der Waals surface area contributed by atoms with Gasteiger partial charge in [0.1, 0.15) is 5.60 Å². The quantitative estimate of drug-likeness (QED) is 0.559. The van der Waals surface area contributed by atoms with Gasteiger partial charge in [0.2, 0.25) is 0 Å². The molecule has 5 nitrogen and oxygen atoms in total. The lowest BCUT2D eigenvalue weighted by atomic mass is 10.0. The molecule has 0 spiro atoms. The summed E-state index contributed by atoms with van der Waals surface area (Å²) in [6.07, 6.45) is 3.87. The molecule has 2 fully saturated rings. The first-order chi connectivity index (χ1) is 10.2. The first-order valence-electron chi connectivity index (χ1n) is 7.76. The summed E-state index contributed by atoms with van der Waals surface area (Å²) in [7, 11) is 0. The Morgan fingerprint density at radius 3 is 2.32 bits per heavy atom. The van der Waals surface area contributed by atoms with E-state index in [4.69, 9.17) is 4.74 Å². The number of nitrogens with zero attached hydrogens (tertiary/aromatic N) is 3. The molecular formula is C16H26BrN3O2. The lowest BCUT2D eigenvalue weighted by Gasteiger charge is -2.27. The number of rotatable bonds is 3. The average Bonchev–Trinajstić information content (AvgIpc) is 2.91. The van der Waals surface area contributed by atoms with Crippen molar-refractivity contribution >= 4 is 28.7 Å². The molecule has 0 aromatic carbocycles. The number of hydrogen-bond acceptors (Lipinski definition) is 4. The van der Waals surface area contributed by atoms with Gasteiger partial charge in [0.25, 0.3) is 0 Å². The molecule has 1 aliphatic heterocycles. The van der Waals surface area contributed by atoms with Crippen molar-refractivity contribution < 1.29 is 9.53 Å². The standard InChI is InChI=1S/C16H26BrN3O2/c1-11(17)8-20(18-5)14-6-12-9-19(10-13(12)7-14)15(21)22-16(2,3)4/h8,12-14H,5-7,9-10H2,1-4H3/b11-8+. The molecule has 22 heavy (non-hydrogen) atoms. The van der Waals surface area contributed by atoms with Gasteiger partial charge in [-0.05, 0) is 52.4 Å². The summed E-state index contributed by atoms with van der Waals surface area (Å²) in [6.45, 7) is 12.9. The van der Waals surface area contributed by atoms with Crippen LogP contribution in [0.5, 0.6) is 0 Å². The van der Waals surface area contributed by atoms with Crippen LogP contribution in [-0.2, 0) is 4.74 Å². The highest BCUT2D eigenvalue weighted by molar-refractivity contribution is 9.11. The second-order valence-electron chi connectivity index (χ2n) is 7.27. The van der Waals surface area contributed by atoms with E-state index < -0.39 is 5.60 Å². The van der Waals surface area contributed by atoms with Crippen molar-refractivity contribution in [3.05, 3.63) is 10.7 Å². The van der Waals surface area contributed by atoms with Crippen LogP contribution < -0.4 is 0 Å². The summed E-state index contributed by atoms with van der Waals surface area (Å²) in [5.41, 5.74) is -0.431. The molecule has 1 saturated carbocycles. The fourth-order valence-electron chi connectivity index (χ4n) is 3.40. The highest BCUT2D eigenvalue weighted by Gasteiger charge is 2.44. The van der Waals surface area contributed by atoms with Crippen molar-refractivity contribution in [3.8, 4) is 0 Å². The van der Waals surface area contributed by atoms with Crippen molar-refractivity contribution in [2.45, 2.75) is 52.2 Å². The zero-order valence-electron chi connectivity index (χ0n) is 13.9. The molecule has 2 atom stereocenters. The van der Waals surface area contributed by atoms with E-state index in [-0.39, 0.29) is 6.09 Å². The SMILES string of the molecule is C=NN(/C=C(\C)Br)C1CC2CN(C(=O)OC(C)(C)C)CC2C1. The van der Waals surface area contributed by atoms with Crippen LogP contribution in [0.2, 0.25) is 0 Å². The number of allylic oxidation sites excluding steroid dienone is 1. The van der Waals surface area contributed by atoms with Crippen LogP contribution in [-0.4, -0.2) is 47.5 Å². The summed E-state index contributed by atoms with van der Waals surface area (Å²) >= 11 is 3.44. The van der Waals surface area contributed by atoms with Crippen molar-refractivity contribution in [2.75, 3.05) is 13.1 Å². The van der Waals surface area contributed by atoms with E-state index in [0.29, 0.717) is 17.9 Å². The molecule has 1 saturated heterocycles. The van der Waals surface area contributed by atoms with Gasteiger partial charge in [-0.2, -0.15) is 5.10 Å². The molecule has 2 rings (SSSR count). The number of likely N-dealkylation sites (tertiary alicyclic amines) is 1. The van der Waals surface area contributed by atoms with E-state index in [1.807, 2.05) is 43.8 Å². The number of carbonyl (C=O) groups excluding carboxylic acids is 1. The Hall–Kier alpha value is -1.04. The summed E-state index contributed by atoms with van der Waals surface area (Å²) < 4.78 is 6.50. The van der Waals surface area contributed by atoms with Crippen LogP contribution in [0.3, 0.4) is 0 Å². The Bertz CT molecular complexity index is 455. The van der Waals surface area contributed by atoms with Gasteiger partial charge < -0.3 is 9.64 Å². The molecule has 0 N–H and O–H groups in total. The molecule has 2 aliphatic rings. The number of hydrogen-bond donors (Lipinski definition) is 0. The Kier molecular flexibility index (Phi) is 5.20. The molecule has 1 heterocycles. The van der Waals surface area contributed by atoms with Gasteiger partial charge in [-0.1, -0.05) is 15.9 Å². The highest BCUT2D eigenvalue weighted by Crippen LogP contribution is 2.41. The van der Waals surface area contributed by atoms with Gasteiger partial charge in [0.05, 0.1) is 6.04 Å². The summed E-state index contributed by atoms with van der Waals surface area (Å²) in [5.74, 6) is 1.07. The van der Waals surface area contributed by atoms with Gasteiger partial charge in [-0.3, -0.25) is 5.01 Å². The van der Waals surface area contributed by atoms with E-state index in [1.165, 1.54) is 0 Å². The van der Waals surface area contributed by atoms with Crippen molar-refractivity contribution in [3.63, 3.8) is 0 Å². The maximum Gasteiger partial charge on any atom is 0.410 e. The zero-order valence-corrected chi connectivity index (χ0v) is 15.5. The molecule has 0 aromatic rings. The lowest BCUT2D eigenvalue weighted by molar-refractivity contribution is 0.0276. The Balaban J connectivity index is 1.92. The summed E-state index contributed by atoms with van der Waals surface area (Å²) in [5, 5.41) is 6.06. The average molecular weight is 372 g/mol. The third-order valence-corrected chi connectivity index (χ3v) is 4.43. The lowest BCUT2D eigenvalue weighted by Crippen LogP contribution is -2.36. The first kappa shape index (κ1) is 17.3. The molecule has 1 amide bonds. The molecule has 124 valence electrons. The number of fused-ring (bicyclic) bond motifs is 1. The fourth-order valence-corrected chi connectivity index (χ4v) is 3.61. The minimum Gasteiger partial charge on any atom is -0.444 e. The van der Waals surface area contributed by atoms with Crippen LogP contribution in [0.15, 0.2) is 15.8 Å². The van der Waals surface area contributed by atoms with Gasteiger partial charge in [0, 0.05) is 30.5 Å². The summed E-state index contributed by atoms with van der Waals surface area (Å²) in [4.78, 5) is 14.0. The minimum atomic E-state index is -0.431. The van der Waals surface area contributed by atoms with Crippen LogP contribution in [0, 0.1) is 11.8 Å². The second-order valence-corrected chi connectivity index (χ2v) is 8.52. The van der Waals surface area contributed by atoms with Crippen molar-refractivity contribution in [1.29, 1.82) is 0 Å². The molecule has 0 bridgehead atoms. The van der Waals surface area contributed by atoms with Crippen LogP contribution in [0.25, 0.3) is 0 Å². The normalized spacial score (nSPS) is 28.5. The second kappa shape index (κ2) is 6.60. The maximum absolute atomic E-state index is 12.2. The van der Waals surface area contributed by atoms with Gasteiger partial charge >= 0.3 is 6.09 Å². The number of ether oxygens (including phenoxy) is 1. The first-order valence-corrected chi connectivity index (χ1v) is 8.55. The Morgan fingerprint density at radius 1 is 1.36 bits per heavy atom. The van der Waals surface area contributed by atoms with E-state index in [1.54, 1.807) is 0 Å². The topological polar surface area (TPSA) is 45.1 Å². The van der Waals surface area contributed by atoms with Crippen LogP contribution in [0.4, 0.5) is 4.79 Å². The zero-order chi connectivity index (χ0) is 16.5. The van der Waals surface area contributed by atoms with Crippen LogP contribution in [0.1, 0.15) is 40.5 Å². The van der Waals surface area contributed by atoms with Gasteiger partial charge in [-0.25, -0.2) is 4.79 Å². The molecule has 1 aliphatic carbocycles. The van der Waals surface area contributed by atoms with Crippen molar-refractivity contribution in [1.82, 2.24) is 9.91 Å². The Labute approximate surface area is 141 Å². The predicted molar refractivity (Wildman–Crippen MR) is 91.9 cm³/mol. The molecule has 0 radical (unpaired) electrons.